The number of Topliss-reactive ketones (excluding diaryl/α,β-unsaturated/α-hetero) is 1. The summed E-state index contributed by atoms with van der Waals surface area (Å²) < 4.78 is 29.6. The van der Waals surface area contributed by atoms with E-state index in [4.69, 9.17) is 9.47 Å². The summed E-state index contributed by atoms with van der Waals surface area (Å²) in [5.41, 5.74) is -4.44. The minimum Gasteiger partial charge on any atom is -0.462 e. The lowest BCUT2D eigenvalue weighted by Gasteiger charge is -2.62. The topological polar surface area (TPSA) is 144 Å². The molecule has 16 atom stereocenters. The number of ketones is 3. The molecular weight excluding hydrogens is 728 g/mol. The maximum atomic E-state index is 17.6. The number of carbonyl (C=O) groups excluding carboxylic acids is 5. The molecule has 8 aliphatic rings. The van der Waals surface area contributed by atoms with Gasteiger partial charge in [-0.15, -0.1) is 0 Å². The van der Waals surface area contributed by atoms with Gasteiger partial charge in [0, 0.05) is 35.0 Å². The van der Waals surface area contributed by atoms with Crippen molar-refractivity contribution in [2.45, 2.75) is 155 Å². The third-order valence-corrected chi connectivity index (χ3v) is 18.4. The Hall–Kier alpha value is -2.82. The molecule has 6 saturated carbocycles. The number of aldehydes is 1. The van der Waals surface area contributed by atoms with E-state index < -0.39 is 70.4 Å². The van der Waals surface area contributed by atoms with Crippen LogP contribution in [0.3, 0.4) is 0 Å². The summed E-state index contributed by atoms with van der Waals surface area (Å²) in [4.78, 5) is 64.2. The number of aliphatic hydroxyl groups excluding tert-OH is 1. The lowest BCUT2D eigenvalue weighted by atomic mass is 9.44. The molecule has 0 radical (unpaired) electrons. The summed E-state index contributed by atoms with van der Waals surface area (Å²) in [5.74, 6) is -0.677. The van der Waals surface area contributed by atoms with Gasteiger partial charge in [0.1, 0.15) is 30.7 Å². The molecule has 9 nitrogen and oxygen atoms in total. The number of alkyl halides is 1. The average Bonchev–Trinajstić information content (AvgIpc) is 3.59. The second-order valence-corrected chi connectivity index (χ2v) is 20.7. The van der Waals surface area contributed by atoms with Crippen molar-refractivity contribution < 1.29 is 48.0 Å². The Morgan fingerprint density at radius 2 is 1.72 bits per heavy atom. The number of hydrogen-bond donors (Lipinski definition) is 2. The van der Waals surface area contributed by atoms with Crippen LogP contribution < -0.4 is 0 Å². The maximum absolute atomic E-state index is 17.6. The van der Waals surface area contributed by atoms with Crippen LogP contribution in [0.5, 0.6) is 0 Å². The zero-order valence-corrected chi connectivity index (χ0v) is 34.7. The second-order valence-electron chi connectivity index (χ2n) is 20.7. The number of esters is 1. The second kappa shape index (κ2) is 13.9. The van der Waals surface area contributed by atoms with Crippen LogP contribution in [0.25, 0.3) is 0 Å². The van der Waals surface area contributed by atoms with Gasteiger partial charge in [-0.3, -0.25) is 19.2 Å². The summed E-state index contributed by atoms with van der Waals surface area (Å²) >= 11 is 0. The van der Waals surface area contributed by atoms with Crippen LogP contribution in [0, 0.1) is 63.1 Å². The molecule has 6 fully saturated rings. The molecule has 312 valence electrons. The predicted octanol–water partition coefficient (Wildman–Crippen LogP) is 6.96. The van der Waals surface area contributed by atoms with Crippen LogP contribution in [-0.4, -0.2) is 76.0 Å². The van der Waals surface area contributed by atoms with Crippen LogP contribution >= 0.6 is 0 Å². The van der Waals surface area contributed by atoms with Crippen LogP contribution in [-0.2, 0) is 33.4 Å². The summed E-state index contributed by atoms with van der Waals surface area (Å²) in [6.07, 6.45) is 11.5. The number of hydrogen-bond acceptors (Lipinski definition) is 9. The summed E-state index contributed by atoms with van der Waals surface area (Å²) in [6.45, 7) is 11.7. The highest BCUT2D eigenvalue weighted by molar-refractivity contribution is 6.01. The van der Waals surface area contributed by atoms with E-state index in [2.05, 4.69) is 20.8 Å². The fourth-order valence-electron chi connectivity index (χ4n) is 15.2. The fourth-order valence-corrected chi connectivity index (χ4v) is 15.2. The van der Waals surface area contributed by atoms with Crippen molar-refractivity contribution in [1.82, 2.24) is 0 Å². The van der Waals surface area contributed by atoms with Crippen molar-refractivity contribution in [1.29, 1.82) is 0 Å². The molecular formula is C47H63FO9. The van der Waals surface area contributed by atoms with Gasteiger partial charge in [-0.2, -0.15) is 0 Å². The highest BCUT2D eigenvalue weighted by Gasteiger charge is 2.75. The van der Waals surface area contributed by atoms with Crippen molar-refractivity contribution in [2.75, 3.05) is 6.61 Å². The minimum atomic E-state index is -2.08. The summed E-state index contributed by atoms with van der Waals surface area (Å²) in [7, 11) is 0. The first-order valence-corrected chi connectivity index (χ1v) is 21.8. The number of rotatable bonds is 9. The van der Waals surface area contributed by atoms with Gasteiger partial charge in [0.05, 0.1) is 6.10 Å². The Bertz CT molecular complexity index is 1830. The number of ether oxygens (including phenoxy) is 2. The number of halogens is 1. The highest BCUT2D eigenvalue weighted by atomic mass is 19.1. The lowest BCUT2D eigenvalue weighted by Crippen LogP contribution is -2.69. The van der Waals surface area contributed by atoms with Crippen molar-refractivity contribution in [3.63, 3.8) is 0 Å². The van der Waals surface area contributed by atoms with Crippen molar-refractivity contribution in [2.24, 2.45) is 63.1 Å². The molecule has 6 unspecified atom stereocenters. The molecule has 0 heterocycles. The number of aliphatic hydroxyl groups is 2. The first kappa shape index (κ1) is 40.9. The van der Waals surface area contributed by atoms with Crippen molar-refractivity contribution >= 4 is 29.6 Å². The molecule has 0 spiro atoms. The van der Waals surface area contributed by atoms with Gasteiger partial charge in [-0.1, -0.05) is 51.8 Å². The Kier molecular flexibility index (Phi) is 9.96. The molecule has 8 aliphatic carbocycles. The van der Waals surface area contributed by atoms with Crippen LogP contribution in [0.4, 0.5) is 4.39 Å². The van der Waals surface area contributed by atoms with E-state index in [0.717, 1.165) is 38.5 Å². The minimum absolute atomic E-state index is 0.0277. The van der Waals surface area contributed by atoms with Gasteiger partial charge in [0.2, 0.25) is 0 Å². The quantitative estimate of drug-likeness (QED) is 0.187. The van der Waals surface area contributed by atoms with Crippen LogP contribution in [0.15, 0.2) is 35.5 Å². The molecule has 0 aromatic carbocycles. The molecule has 57 heavy (non-hydrogen) atoms. The van der Waals surface area contributed by atoms with Gasteiger partial charge in [-0.25, -0.2) is 4.39 Å². The zero-order chi connectivity index (χ0) is 41.1. The van der Waals surface area contributed by atoms with E-state index in [-0.39, 0.29) is 47.8 Å². The molecule has 8 rings (SSSR count). The van der Waals surface area contributed by atoms with Gasteiger partial charge in [-0.05, 0) is 137 Å². The van der Waals surface area contributed by atoms with Crippen LogP contribution in [0.2, 0.25) is 0 Å². The predicted molar refractivity (Wildman–Crippen MR) is 209 cm³/mol. The van der Waals surface area contributed by atoms with Gasteiger partial charge >= 0.3 is 5.97 Å². The third-order valence-electron chi connectivity index (χ3n) is 18.4. The molecule has 0 aromatic heterocycles. The molecule has 2 N–H and O–H groups in total. The molecule has 0 amide bonds. The number of carbonyl (C=O) groups is 5. The monoisotopic (exact) mass is 790 g/mol. The molecule has 0 aromatic rings. The molecule has 10 heteroatoms. The van der Waals surface area contributed by atoms with E-state index in [1.165, 1.54) is 17.7 Å². The van der Waals surface area contributed by atoms with E-state index >= 15 is 4.39 Å². The van der Waals surface area contributed by atoms with E-state index in [9.17, 15) is 34.2 Å². The zero-order valence-electron chi connectivity index (χ0n) is 34.7. The lowest BCUT2D eigenvalue weighted by molar-refractivity contribution is -0.220. The maximum Gasteiger partial charge on any atom is 0.306 e. The summed E-state index contributed by atoms with van der Waals surface area (Å²) in [5, 5.41) is 24.0. The van der Waals surface area contributed by atoms with Crippen molar-refractivity contribution in [3.8, 4) is 0 Å². The number of fused-ring (bicyclic) bond motifs is 10. The van der Waals surface area contributed by atoms with E-state index in [1.807, 2.05) is 6.08 Å². The molecule has 0 saturated heterocycles. The fraction of sp³-hybridized carbons (Fsp3) is 0.766. The Labute approximate surface area is 336 Å². The Morgan fingerprint density at radius 1 is 0.965 bits per heavy atom. The Balaban J connectivity index is 0.884. The van der Waals surface area contributed by atoms with E-state index in [1.54, 1.807) is 26.8 Å². The first-order valence-electron chi connectivity index (χ1n) is 21.8. The largest absolute Gasteiger partial charge is 0.462 e. The molecule has 0 bridgehead atoms. The van der Waals surface area contributed by atoms with Gasteiger partial charge in [0.25, 0.3) is 0 Å². The van der Waals surface area contributed by atoms with Crippen LogP contribution in [0.1, 0.15) is 125 Å². The Morgan fingerprint density at radius 3 is 2.46 bits per heavy atom. The van der Waals surface area contributed by atoms with Gasteiger partial charge < -0.3 is 24.5 Å². The summed E-state index contributed by atoms with van der Waals surface area (Å²) in [6, 6.07) is 0. The highest BCUT2D eigenvalue weighted by Crippen LogP contribution is 2.71. The first-order chi connectivity index (χ1) is 26.8. The smallest absolute Gasteiger partial charge is 0.306 e. The third kappa shape index (κ3) is 5.71. The van der Waals surface area contributed by atoms with E-state index in [0.29, 0.717) is 61.2 Å². The van der Waals surface area contributed by atoms with Crippen molar-refractivity contribution in [3.05, 3.63) is 35.5 Å². The number of allylic oxidation sites excluding steroid dienone is 5. The standard InChI is InChI=1S/C47H63FO9/c1-26-19-29-22-30(50)13-16-42(29,3)35-15-17-43(4)34(41(26)35)10-11-39(43)57-40(54)12-8-32(24-49)56-25-38(53)47(55)27(2)20-36-33-9-7-28-21-31(51)14-18-44(28,5)46(33,48)37(52)23-45(36,47)6/h14,18,21-22,24,26-27,32-37,39,41,52,55H,7-13,15-17,19-20,23,25H2,1-6H3/t26-,27+,32?,33?,34?,35?,36?,37+,39+,41?,42+,43+,44+,45+,46+,47+/m1/s1. The SMILES string of the molecule is C[C@@H]1CC2=CC(=O)CC[C@]2(C)C2CC[C@@]3(C)C(CC[C@@H]3OC(=O)CCC(C=O)OCC(=O)[C@@]3(O)[C@@H](C)CC4C5CCC6=CC(=O)C=C[C@]6(C)[C@@]5(F)[C@@H](O)C[C@@]43C)C21. The van der Waals surface area contributed by atoms with Gasteiger partial charge in [0.15, 0.2) is 23.0 Å². The normalized spacial score (nSPS) is 48.9. The average molecular weight is 791 g/mol. The molecule has 0 aliphatic heterocycles.